The number of para-hydroxylation sites is 1. The van der Waals surface area contributed by atoms with Crippen molar-refractivity contribution in [2.24, 2.45) is 0 Å². The zero-order chi connectivity index (χ0) is 17.2. The summed E-state index contributed by atoms with van der Waals surface area (Å²) in [4.78, 5) is 43.7. The van der Waals surface area contributed by atoms with E-state index in [0.29, 0.717) is 42.6 Å². The number of hydrogen-bond acceptors (Lipinski definition) is 4. The number of hydrogen-bond donors (Lipinski definition) is 1. The second-order valence-electron chi connectivity index (χ2n) is 6.80. The lowest BCUT2D eigenvalue weighted by Gasteiger charge is -2.31. The highest BCUT2D eigenvalue weighted by molar-refractivity contribution is 6.06. The molecule has 1 N–H and O–H groups in total. The maximum absolute atomic E-state index is 13.2. The van der Waals surface area contributed by atoms with E-state index in [1.54, 1.807) is 15.9 Å². The van der Waals surface area contributed by atoms with E-state index in [-0.39, 0.29) is 29.8 Å². The zero-order valence-corrected chi connectivity index (χ0v) is 13.5. The Labute approximate surface area is 143 Å². The third-order valence-corrected chi connectivity index (χ3v) is 5.64. The van der Waals surface area contributed by atoms with Gasteiger partial charge in [-0.15, -0.1) is 0 Å². The molecule has 0 saturated carbocycles. The van der Waals surface area contributed by atoms with Gasteiger partial charge < -0.3 is 19.5 Å². The van der Waals surface area contributed by atoms with Crippen LogP contribution in [0.5, 0.6) is 0 Å². The van der Waals surface area contributed by atoms with Crippen molar-refractivity contribution >= 4 is 22.7 Å². The second-order valence-corrected chi connectivity index (χ2v) is 6.80. The molecule has 3 fully saturated rings. The van der Waals surface area contributed by atoms with Gasteiger partial charge in [0, 0.05) is 36.5 Å². The third kappa shape index (κ3) is 1.87. The fraction of sp³-hybridized carbons (Fsp3) is 0.389. The summed E-state index contributed by atoms with van der Waals surface area (Å²) in [5.41, 5.74) is 0.0370. The topological polar surface area (TPSA) is 82.7 Å². The molecule has 128 valence electrons. The fourth-order valence-corrected chi connectivity index (χ4v) is 4.57. The number of nitrogens with one attached hydrogen (secondary N) is 1. The number of likely N-dealkylation sites (tertiary alicyclic amines) is 1. The van der Waals surface area contributed by atoms with Gasteiger partial charge >= 0.3 is 0 Å². The number of amides is 2. The van der Waals surface area contributed by atoms with E-state index in [9.17, 15) is 14.4 Å². The van der Waals surface area contributed by atoms with Crippen molar-refractivity contribution in [2.45, 2.75) is 24.6 Å². The van der Waals surface area contributed by atoms with Gasteiger partial charge in [0.2, 0.25) is 11.5 Å². The Morgan fingerprint density at radius 3 is 2.96 bits per heavy atom. The Morgan fingerprint density at radius 2 is 2.08 bits per heavy atom. The van der Waals surface area contributed by atoms with Crippen LogP contribution in [0, 0.1) is 0 Å². The largest absolute Gasteiger partial charge is 0.351 e. The van der Waals surface area contributed by atoms with Crippen LogP contribution < -0.4 is 5.56 Å². The van der Waals surface area contributed by atoms with Crippen LogP contribution in [-0.2, 0) is 9.53 Å². The van der Waals surface area contributed by atoms with Crippen molar-refractivity contribution in [3.63, 3.8) is 0 Å². The van der Waals surface area contributed by atoms with E-state index in [1.165, 1.54) is 6.07 Å². The average Bonchev–Trinajstić information content (AvgIpc) is 3.25. The van der Waals surface area contributed by atoms with Crippen LogP contribution in [0.25, 0.3) is 10.9 Å². The number of carbonyl (C=O) groups excluding carboxylic acids is 2. The molecular formula is C18H17N3O4. The molecule has 0 radical (unpaired) electrons. The number of carbonyl (C=O) groups is 2. The van der Waals surface area contributed by atoms with Crippen molar-refractivity contribution in [1.82, 2.24) is 14.8 Å². The first-order chi connectivity index (χ1) is 12.1. The SMILES string of the molecule is O=C(c1cc(=O)[nH]c2ccccc12)N1CC[C@@]23OCCN2C(=O)C[C@@H]13. The highest BCUT2D eigenvalue weighted by Crippen LogP contribution is 2.46. The van der Waals surface area contributed by atoms with E-state index in [2.05, 4.69) is 4.98 Å². The van der Waals surface area contributed by atoms with Crippen molar-refractivity contribution in [2.75, 3.05) is 19.7 Å². The molecule has 2 atom stereocenters. The minimum atomic E-state index is -0.663. The summed E-state index contributed by atoms with van der Waals surface area (Å²) in [7, 11) is 0. The number of ether oxygens (including phenoxy) is 1. The summed E-state index contributed by atoms with van der Waals surface area (Å²) in [6.07, 6.45) is 0.906. The molecule has 1 aromatic carbocycles. The number of H-pyrrole nitrogens is 1. The number of fused-ring (bicyclic) bond motifs is 1. The number of rotatable bonds is 1. The summed E-state index contributed by atoms with van der Waals surface area (Å²) in [5.74, 6) is -0.176. The van der Waals surface area contributed by atoms with Crippen LogP contribution in [-0.4, -0.2) is 58.1 Å². The Kier molecular flexibility index (Phi) is 2.88. The van der Waals surface area contributed by atoms with Crippen molar-refractivity contribution in [3.05, 3.63) is 46.2 Å². The zero-order valence-electron chi connectivity index (χ0n) is 13.5. The van der Waals surface area contributed by atoms with Gasteiger partial charge in [-0.1, -0.05) is 18.2 Å². The van der Waals surface area contributed by atoms with E-state index in [1.807, 2.05) is 18.2 Å². The fourth-order valence-electron chi connectivity index (χ4n) is 4.57. The lowest BCUT2D eigenvalue weighted by Crippen LogP contribution is -2.48. The molecule has 2 amide bonds. The first kappa shape index (κ1) is 14.7. The number of aromatic amines is 1. The molecule has 0 unspecified atom stereocenters. The van der Waals surface area contributed by atoms with Crippen LogP contribution in [0.2, 0.25) is 0 Å². The van der Waals surface area contributed by atoms with Crippen LogP contribution in [0.3, 0.4) is 0 Å². The first-order valence-electron chi connectivity index (χ1n) is 8.48. The summed E-state index contributed by atoms with van der Waals surface area (Å²) < 4.78 is 5.93. The van der Waals surface area contributed by atoms with Crippen LogP contribution in [0.4, 0.5) is 0 Å². The molecule has 4 heterocycles. The van der Waals surface area contributed by atoms with Crippen molar-refractivity contribution in [1.29, 1.82) is 0 Å². The molecule has 3 aliphatic rings. The normalized spacial score (nSPS) is 27.8. The third-order valence-electron chi connectivity index (χ3n) is 5.64. The molecule has 2 aromatic rings. The van der Waals surface area contributed by atoms with Gasteiger partial charge in [0.25, 0.3) is 5.91 Å². The second kappa shape index (κ2) is 4.92. The summed E-state index contributed by atoms with van der Waals surface area (Å²) in [6, 6.07) is 8.32. The van der Waals surface area contributed by atoms with E-state index in [0.717, 1.165) is 0 Å². The predicted molar refractivity (Wildman–Crippen MR) is 89.0 cm³/mol. The molecule has 1 spiro atoms. The van der Waals surface area contributed by atoms with Gasteiger partial charge in [0.15, 0.2) is 5.72 Å². The van der Waals surface area contributed by atoms with Gasteiger partial charge in [0.05, 0.1) is 24.6 Å². The minimum Gasteiger partial charge on any atom is -0.351 e. The highest BCUT2D eigenvalue weighted by atomic mass is 16.5. The molecule has 25 heavy (non-hydrogen) atoms. The highest BCUT2D eigenvalue weighted by Gasteiger charge is 2.62. The summed E-state index contributed by atoms with van der Waals surface area (Å²) in [6.45, 7) is 1.62. The molecule has 7 nitrogen and oxygen atoms in total. The first-order valence-corrected chi connectivity index (χ1v) is 8.48. The Hall–Kier alpha value is -2.67. The van der Waals surface area contributed by atoms with Crippen molar-refractivity contribution < 1.29 is 14.3 Å². The van der Waals surface area contributed by atoms with Gasteiger partial charge in [-0.2, -0.15) is 0 Å². The van der Waals surface area contributed by atoms with E-state index >= 15 is 0 Å². The molecule has 5 rings (SSSR count). The van der Waals surface area contributed by atoms with Crippen molar-refractivity contribution in [3.8, 4) is 0 Å². The lowest BCUT2D eigenvalue weighted by molar-refractivity contribution is -0.136. The Balaban J connectivity index is 1.58. The van der Waals surface area contributed by atoms with Crippen LogP contribution in [0.1, 0.15) is 23.2 Å². The maximum Gasteiger partial charge on any atom is 0.255 e. The standard InChI is InChI=1S/C18H17N3O4/c22-15-9-12(11-3-1-2-4-13(11)19-15)17(24)20-6-5-18-14(20)10-16(23)21(18)7-8-25-18/h1-4,9,14H,5-8,10H2,(H,19,22)/t14-,18+/m1/s1. The lowest BCUT2D eigenvalue weighted by atomic mass is 10.0. The Bertz CT molecular complexity index is 968. The number of benzene rings is 1. The number of nitrogens with zero attached hydrogens (tertiary/aromatic N) is 2. The molecule has 1 aromatic heterocycles. The maximum atomic E-state index is 13.2. The van der Waals surface area contributed by atoms with Gasteiger partial charge in [-0.3, -0.25) is 14.4 Å². The van der Waals surface area contributed by atoms with E-state index < -0.39 is 5.72 Å². The van der Waals surface area contributed by atoms with Crippen LogP contribution >= 0.6 is 0 Å². The minimum absolute atomic E-state index is 0.0377. The molecular weight excluding hydrogens is 322 g/mol. The smallest absolute Gasteiger partial charge is 0.255 e. The quantitative estimate of drug-likeness (QED) is 0.829. The predicted octanol–water partition coefficient (Wildman–Crippen LogP) is 0.701. The summed E-state index contributed by atoms with van der Waals surface area (Å²) in [5, 5.41) is 0.710. The van der Waals surface area contributed by atoms with Gasteiger partial charge in [-0.25, -0.2) is 0 Å². The Morgan fingerprint density at radius 1 is 1.24 bits per heavy atom. The monoisotopic (exact) mass is 339 g/mol. The molecule has 7 heteroatoms. The molecule has 0 bridgehead atoms. The molecule has 3 saturated heterocycles. The number of aromatic nitrogens is 1. The van der Waals surface area contributed by atoms with Crippen LogP contribution in [0.15, 0.2) is 35.1 Å². The van der Waals surface area contributed by atoms with E-state index in [4.69, 9.17) is 4.74 Å². The van der Waals surface area contributed by atoms with Gasteiger partial charge in [-0.05, 0) is 6.07 Å². The molecule has 0 aliphatic carbocycles. The molecule has 3 aliphatic heterocycles. The number of pyridine rings is 1. The summed E-state index contributed by atoms with van der Waals surface area (Å²) >= 11 is 0. The van der Waals surface area contributed by atoms with Gasteiger partial charge in [0.1, 0.15) is 0 Å². The average molecular weight is 339 g/mol.